The van der Waals surface area contributed by atoms with Crippen molar-refractivity contribution in [1.82, 2.24) is 5.32 Å². The maximum atomic E-state index is 11.7. The third kappa shape index (κ3) is 5.10. The number of carbonyl (C=O) groups is 1. The minimum atomic E-state index is -0.505. The van der Waals surface area contributed by atoms with Crippen LogP contribution in [0.3, 0.4) is 0 Å². The van der Waals surface area contributed by atoms with Crippen molar-refractivity contribution in [2.45, 2.75) is 13.3 Å². The highest BCUT2D eigenvalue weighted by atomic mass is 16.6. The minimum Gasteiger partial charge on any atom is -0.484 e. The third-order valence-electron chi connectivity index (χ3n) is 3.38. The molecule has 0 unspecified atom stereocenters. The Kier molecular flexibility index (Phi) is 5.68. The number of nitrogens with zero attached hydrogens (tertiary/aromatic N) is 1. The lowest BCUT2D eigenvalue weighted by Gasteiger charge is -2.08. The summed E-state index contributed by atoms with van der Waals surface area (Å²) in [6.45, 7) is 2.37. The van der Waals surface area contributed by atoms with E-state index in [2.05, 4.69) is 5.32 Å². The zero-order chi connectivity index (χ0) is 16.7. The number of aryl methyl sites for hydroxylation is 1. The van der Waals surface area contributed by atoms with E-state index in [-0.39, 0.29) is 18.2 Å². The van der Waals surface area contributed by atoms with Gasteiger partial charge in [0.2, 0.25) is 0 Å². The lowest BCUT2D eigenvalue weighted by atomic mass is 10.1. The van der Waals surface area contributed by atoms with E-state index in [0.29, 0.717) is 12.3 Å². The van der Waals surface area contributed by atoms with Crippen LogP contribution in [0.2, 0.25) is 0 Å². The molecular formula is C17H18N2O4. The van der Waals surface area contributed by atoms with Gasteiger partial charge in [-0.1, -0.05) is 30.3 Å². The van der Waals surface area contributed by atoms with Gasteiger partial charge >= 0.3 is 0 Å². The number of amides is 1. The minimum absolute atomic E-state index is 0.0672. The Hall–Kier alpha value is -2.89. The first kappa shape index (κ1) is 16.5. The molecular weight excluding hydrogens is 296 g/mol. The summed E-state index contributed by atoms with van der Waals surface area (Å²) in [4.78, 5) is 21.9. The van der Waals surface area contributed by atoms with Gasteiger partial charge in [-0.25, -0.2) is 0 Å². The first-order valence-electron chi connectivity index (χ1n) is 7.25. The third-order valence-corrected chi connectivity index (χ3v) is 3.38. The molecule has 2 rings (SSSR count). The summed E-state index contributed by atoms with van der Waals surface area (Å²) in [5.41, 5.74) is 2.31. The van der Waals surface area contributed by atoms with E-state index in [1.807, 2.05) is 31.2 Å². The van der Waals surface area contributed by atoms with Crippen LogP contribution in [-0.2, 0) is 11.2 Å². The Bertz CT molecular complexity index is 700. The van der Waals surface area contributed by atoms with Crippen LogP contribution in [0.1, 0.15) is 11.1 Å². The number of rotatable bonds is 7. The molecule has 1 N–H and O–H groups in total. The van der Waals surface area contributed by atoms with Gasteiger partial charge in [-0.3, -0.25) is 14.9 Å². The van der Waals surface area contributed by atoms with Gasteiger partial charge in [0.25, 0.3) is 11.6 Å². The Morgan fingerprint density at radius 3 is 2.74 bits per heavy atom. The average molecular weight is 314 g/mol. The fourth-order valence-electron chi connectivity index (χ4n) is 2.11. The van der Waals surface area contributed by atoms with Gasteiger partial charge in [0, 0.05) is 12.6 Å². The molecule has 0 radical (unpaired) electrons. The molecule has 0 aromatic heterocycles. The van der Waals surface area contributed by atoms with Crippen molar-refractivity contribution in [2.24, 2.45) is 0 Å². The Morgan fingerprint density at radius 2 is 2.00 bits per heavy atom. The van der Waals surface area contributed by atoms with Gasteiger partial charge in [-0.05, 0) is 30.5 Å². The summed E-state index contributed by atoms with van der Waals surface area (Å²) in [6.07, 6.45) is 0.745. The van der Waals surface area contributed by atoms with Crippen molar-refractivity contribution in [3.63, 3.8) is 0 Å². The van der Waals surface area contributed by atoms with Gasteiger partial charge in [-0.2, -0.15) is 0 Å². The second kappa shape index (κ2) is 7.93. The van der Waals surface area contributed by atoms with E-state index in [1.54, 1.807) is 6.07 Å². The predicted octanol–water partition coefficient (Wildman–Crippen LogP) is 2.64. The van der Waals surface area contributed by atoms with E-state index in [4.69, 9.17) is 4.74 Å². The number of nitro benzene ring substituents is 1. The number of non-ortho nitro benzene ring substituents is 1. The standard InChI is InChI=1S/C17H18N2O4/c1-13-5-2-3-6-14(13)9-10-18-17(20)12-23-16-8-4-7-15(11-16)19(21)22/h2-8,11H,9-10,12H2,1H3,(H,18,20). The highest BCUT2D eigenvalue weighted by Gasteiger charge is 2.08. The van der Waals surface area contributed by atoms with Crippen molar-refractivity contribution < 1.29 is 14.5 Å². The number of ether oxygens (including phenoxy) is 1. The molecule has 23 heavy (non-hydrogen) atoms. The fraction of sp³-hybridized carbons (Fsp3) is 0.235. The van der Waals surface area contributed by atoms with Crippen molar-refractivity contribution in [2.75, 3.05) is 13.2 Å². The van der Waals surface area contributed by atoms with E-state index in [9.17, 15) is 14.9 Å². The molecule has 0 saturated carbocycles. The highest BCUT2D eigenvalue weighted by Crippen LogP contribution is 2.18. The van der Waals surface area contributed by atoms with Gasteiger partial charge in [-0.15, -0.1) is 0 Å². The molecule has 6 nitrogen and oxygen atoms in total. The second-order valence-electron chi connectivity index (χ2n) is 5.07. The van der Waals surface area contributed by atoms with E-state index in [0.717, 1.165) is 6.42 Å². The number of nitro groups is 1. The number of nitrogens with one attached hydrogen (secondary N) is 1. The first-order chi connectivity index (χ1) is 11.1. The smallest absolute Gasteiger partial charge is 0.273 e. The summed E-state index contributed by atoms with van der Waals surface area (Å²) in [6, 6.07) is 13.8. The molecule has 6 heteroatoms. The molecule has 0 heterocycles. The predicted molar refractivity (Wildman–Crippen MR) is 86.5 cm³/mol. The molecule has 0 fully saturated rings. The van der Waals surface area contributed by atoms with E-state index < -0.39 is 4.92 Å². The molecule has 0 bridgehead atoms. The van der Waals surface area contributed by atoms with Crippen LogP contribution in [0.5, 0.6) is 5.75 Å². The average Bonchev–Trinajstić information content (AvgIpc) is 2.55. The number of benzene rings is 2. The van der Waals surface area contributed by atoms with Crippen LogP contribution < -0.4 is 10.1 Å². The van der Waals surface area contributed by atoms with Crippen molar-refractivity contribution in [1.29, 1.82) is 0 Å². The van der Waals surface area contributed by atoms with Crippen LogP contribution in [0.25, 0.3) is 0 Å². The molecule has 1 amide bonds. The van der Waals surface area contributed by atoms with Crippen molar-refractivity contribution in [3.8, 4) is 5.75 Å². The van der Waals surface area contributed by atoms with Crippen molar-refractivity contribution >= 4 is 11.6 Å². The van der Waals surface area contributed by atoms with Crippen LogP contribution in [0.4, 0.5) is 5.69 Å². The normalized spacial score (nSPS) is 10.1. The zero-order valence-corrected chi connectivity index (χ0v) is 12.8. The molecule has 2 aromatic carbocycles. The topological polar surface area (TPSA) is 81.5 Å². The molecule has 120 valence electrons. The molecule has 0 spiro atoms. The fourth-order valence-corrected chi connectivity index (χ4v) is 2.11. The maximum absolute atomic E-state index is 11.7. The molecule has 0 atom stereocenters. The van der Waals surface area contributed by atoms with Crippen LogP contribution >= 0.6 is 0 Å². The summed E-state index contributed by atoms with van der Waals surface area (Å²) in [5.74, 6) is 0.0401. The van der Waals surface area contributed by atoms with Crippen molar-refractivity contribution in [3.05, 3.63) is 69.8 Å². The molecule has 2 aromatic rings. The van der Waals surface area contributed by atoms with Gasteiger partial charge in [0.15, 0.2) is 6.61 Å². The van der Waals surface area contributed by atoms with Crippen LogP contribution in [0, 0.1) is 17.0 Å². The summed E-state index contributed by atoms with van der Waals surface area (Å²) < 4.78 is 5.27. The van der Waals surface area contributed by atoms with Crippen LogP contribution in [-0.4, -0.2) is 24.0 Å². The lowest BCUT2D eigenvalue weighted by molar-refractivity contribution is -0.384. The zero-order valence-electron chi connectivity index (χ0n) is 12.8. The highest BCUT2D eigenvalue weighted by molar-refractivity contribution is 5.77. The van der Waals surface area contributed by atoms with Gasteiger partial charge in [0.1, 0.15) is 5.75 Å². The largest absolute Gasteiger partial charge is 0.484 e. The Balaban J connectivity index is 1.76. The molecule has 0 aliphatic carbocycles. The number of carbonyl (C=O) groups excluding carboxylic acids is 1. The molecule has 0 aliphatic heterocycles. The molecule has 0 aliphatic rings. The van der Waals surface area contributed by atoms with E-state index >= 15 is 0 Å². The Labute approximate surface area is 134 Å². The summed E-state index contributed by atoms with van der Waals surface area (Å²) in [7, 11) is 0. The first-order valence-corrected chi connectivity index (χ1v) is 7.25. The quantitative estimate of drug-likeness (QED) is 0.629. The number of hydrogen-bond donors (Lipinski definition) is 1. The Morgan fingerprint density at radius 1 is 1.22 bits per heavy atom. The lowest BCUT2D eigenvalue weighted by Crippen LogP contribution is -2.30. The van der Waals surface area contributed by atoms with Gasteiger partial charge < -0.3 is 10.1 Å². The maximum Gasteiger partial charge on any atom is 0.273 e. The monoisotopic (exact) mass is 314 g/mol. The summed E-state index contributed by atoms with van der Waals surface area (Å²) in [5, 5.41) is 13.4. The molecule has 0 saturated heterocycles. The van der Waals surface area contributed by atoms with Crippen LogP contribution in [0.15, 0.2) is 48.5 Å². The second-order valence-corrected chi connectivity index (χ2v) is 5.07. The van der Waals surface area contributed by atoms with E-state index in [1.165, 1.54) is 29.3 Å². The summed E-state index contributed by atoms with van der Waals surface area (Å²) >= 11 is 0. The number of hydrogen-bond acceptors (Lipinski definition) is 4. The van der Waals surface area contributed by atoms with Gasteiger partial charge in [0.05, 0.1) is 11.0 Å². The SMILES string of the molecule is Cc1ccccc1CCNC(=O)COc1cccc([N+](=O)[O-])c1.